The van der Waals surface area contributed by atoms with Gasteiger partial charge in [-0.3, -0.25) is 0 Å². The van der Waals surface area contributed by atoms with Gasteiger partial charge in [0.25, 0.3) is 0 Å². The van der Waals surface area contributed by atoms with E-state index in [4.69, 9.17) is 9.68 Å². The minimum absolute atomic E-state index is 0.453. The average Bonchev–Trinajstić information content (AvgIpc) is 2.61. The second-order valence-electron chi connectivity index (χ2n) is 4.07. The molecular weight excluding hydrogens is 208 g/mol. The standard InChI is InChI=1S/C11H18N2O3/c1-5-9(6-2)13-15-10(14)11(4)7-8(3)12-16-11/h5-7H2,1-4H3. The van der Waals surface area contributed by atoms with Gasteiger partial charge < -0.3 is 9.68 Å². The van der Waals surface area contributed by atoms with Crippen LogP contribution in [0, 0.1) is 0 Å². The number of hydrogen-bond acceptors (Lipinski definition) is 5. The van der Waals surface area contributed by atoms with Crippen molar-refractivity contribution in [1.29, 1.82) is 0 Å². The third-order valence-corrected chi connectivity index (χ3v) is 2.50. The van der Waals surface area contributed by atoms with Gasteiger partial charge in [-0.15, -0.1) is 0 Å². The van der Waals surface area contributed by atoms with Crippen LogP contribution in [0.3, 0.4) is 0 Å². The minimum Gasteiger partial charge on any atom is -0.377 e. The Kier molecular flexibility index (Phi) is 4.04. The molecular formula is C11H18N2O3. The molecule has 0 amide bonds. The fraction of sp³-hybridized carbons (Fsp3) is 0.727. The van der Waals surface area contributed by atoms with Gasteiger partial charge in [-0.25, -0.2) is 4.79 Å². The quantitative estimate of drug-likeness (QED) is 0.419. The van der Waals surface area contributed by atoms with Crippen molar-refractivity contribution >= 4 is 17.4 Å². The maximum absolute atomic E-state index is 11.7. The summed E-state index contributed by atoms with van der Waals surface area (Å²) in [5.74, 6) is -0.493. The molecule has 5 heteroatoms. The fourth-order valence-electron chi connectivity index (χ4n) is 1.42. The molecule has 0 bridgehead atoms. The summed E-state index contributed by atoms with van der Waals surface area (Å²) in [4.78, 5) is 21.7. The smallest absolute Gasteiger partial charge is 0.377 e. The number of nitrogens with zero attached hydrogens (tertiary/aromatic N) is 2. The molecule has 0 aliphatic carbocycles. The summed E-state index contributed by atoms with van der Waals surface area (Å²) in [7, 11) is 0. The third-order valence-electron chi connectivity index (χ3n) is 2.50. The molecule has 0 spiro atoms. The van der Waals surface area contributed by atoms with Gasteiger partial charge in [0.05, 0.1) is 11.4 Å². The van der Waals surface area contributed by atoms with Crippen LogP contribution < -0.4 is 0 Å². The molecule has 90 valence electrons. The number of carbonyl (C=O) groups is 1. The fourth-order valence-corrected chi connectivity index (χ4v) is 1.42. The van der Waals surface area contributed by atoms with E-state index < -0.39 is 11.6 Å². The van der Waals surface area contributed by atoms with E-state index in [1.807, 2.05) is 20.8 Å². The Hall–Kier alpha value is -1.39. The summed E-state index contributed by atoms with van der Waals surface area (Å²) < 4.78 is 0. The summed E-state index contributed by atoms with van der Waals surface area (Å²) in [6.45, 7) is 7.40. The Labute approximate surface area is 95.5 Å². The first-order chi connectivity index (χ1) is 7.51. The lowest BCUT2D eigenvalue weighted by atomic mass is 10.0. The number of carbonyl (C=O) groups excluding carboxylic acids is 1. The van der Waals surface area contributed by atoms with Crippen molar-refractivity contribution < 1.29 is 14.5 Å². The zero-order valence-corrected chi connectivity index (χ0v) is 10.2. The summed E-state index contributed by atoms with van der Waals surface area (Å²) in [6.07, 6.45) is 2.00. The normalized spacial score (nSPS) is 23.4. The lowest BCUT2D eigenvalue weighted by molar-refractivity contribution is -0.167. The van der Waals surface area contributed by atoms with Gasteiger partial charge in [0.15, 0.2) is 0 Å². The summed E-state index contributed by atoms with van der Waals surface area (Å²) in [6, 6.07) is 0. The maximum atomic E-state index is 11.7. The zero-order valence-electron chi connectivity index (χ0n) is 10.2. The first kappa shape index (κ1) is 12.7. The van der Waals surface area contributed by atoms with E-state index in [9.17, 15) is 4.79 Å². The van der Waals surface area contributed by atoms with Crippen LogP contribution in [0.4, 0.5) is 0 Å². The highest BCUT2D eigenvalue weighted by Gasteiger charge is 2.42. The molecule has 1 aliphatic heterocycles. The first-order valence-corrected chi connectivity index (χ1v) is 5.50. The molecule has 0 radical (unpaired) electrons. The molecule has 0 N–H and O–H groups in total. The van der Waals surface area contributed by atoms with Crippen molar-refractivity contribution in [3.8, 4) is 0 Å². The number of hydrogen-bond donors (Lipinski definition) is 0. The van der Waals surface area contributed by atoms with Crippen LogP contribution in [0.5, 0.6) is 0 Å². The van der Waals surface area contributed by atoms with Crippen LogP contribution in [-0.4, -0.2) is 23.0 Å². The van der Waals surface area contributed by atoms with Crippen molar-refractivity contribution in [1.82, 2.24) is 0 Å². The van der Waals surface area contributed by atoms with E-state index in [2.05, 4.69) is 10.3 Å². The highest BCUT2D eigenvalue weighted by molar-refractivity contribution is 5.92. The highest BCUT2D eigenvalue weighted by Crippen LogP contribution is 2.24. The SMILES string of the molecule is CCC(CC)=NOC(=O)C1(C)CC(C)=NO1. The topological polar surface area (TPSA) is 60.2 Å². The Balaban J connectivity index is 2.57. The van der Waals surface area contributed by atoms with Gasteiger partial charge in [0.1, 0.15) is 0 Å². The van der Waals surface area contributed by atoms with Gasteiger partial charge in [-0.1, -0.05) is 24.2 Å². The Bertz CT molecular complexity index is 330. The molecule has 0 saturated heterocycles. The summed E-state index contributed by atoms with van der Waals surface area (Å²) >= 11 is 0. The molecule has 1 heterocycles. The summed E-state index contributed by atoms with van der Waals surface area (Å²) in [5, 5.41) is 7.56. The van der Waals surface area contributed by atoms with Crippen LogP contribution in [0.1, 0.15) is 47.0 Å². The summed E-state index contributed by atoms with van der Waals surface area (Å²) in [5.41, 5.74) is 0.627. The van der Waals surface area contributed by atoms with Crippen molar-refractivity contribution in [2.45, 2.75) is 52.6 Å². The molecule has 1 rings (SSSR count). The third kappa shape index (κ3) is 2.81. The van der Waals surface area contributed by atoms with Crippen molar-refractivity contribution in [3.63, 3.8) is 0 Å². The Morgan fingerprint density at radius 1 is 1.56 bits per heavy atom. The van der Waals surface area contributed by atoms with Crippen molar-refractivity contribution in [3.05, 3.63) is 0 Å². The second kappa shape index (κ2) is 5.09. The molecule has 1 atom stereocenters. The molecule has 1 aliphatic rings. The number of rotatable bonds is 4. The van der Waals surface area contributed by atoms with Crippen LogP contribution in [0.2, 0.25) is 0 Å². The molecule has 5 nitrogen and oxygen atoms in total. The van der Waals surface area contributed by atoms with Gasteiger partial charge >= 0.3 is 5.97 Å². The predicted octanol–water partition coefficient (Wildman–Crippen LogP) is 2.26. The second-order valence-corrected chi connectivity index (χ2v) is 4.07. The van der Waals surface area contributed by atoms with E-state index in [-0.39, 0.29) is 0 Å². The lowest BCUT2D eigenvalue weighted by Gasteiger charge is -2.16. The van der Waals surface area contributed by atoms with Gasteiger partial charge in [-0.2, -0.15) is 0 Å². The molecule has 0 aromatic carbocycles. The Morgan fingerprint density at radius 2 is 2.19 bits per heavy atom. The Morgan fingerprint density at radius 3 is 2.62 bits per heavy atom. The van der Waals surface area contributed by atoms with Crippen molar-refractivity contribution in [2.75, 3.05) is 0 Å². The van der Waals surface area contributed by atoms with Gasteiger partial charge in [-0.05, 0) is 26.7 Å². The largest absolute Gasteiger partial charge is 0.381 e. The zero-order chi connectivity index (χ0) is 12.2. The van der Waals surface area contributed by atoms with Crippen LogP contribution >= 0.6 is 0 Å². The van der Waals surface area contributed by atoms with Crippen LogP contribution in [0.15, 0.2) is 10.3 Å². The van der Waals surface area contributed by atoms with E-state index in [1.54, 1.807) is 6.92 Å². The molecule has 1 unspecified atom stereocenters. The van der Waals surface area contributed by atoms with E-state index in [0.29, 0.717) is 6.42 Å². The molecule has 16 heavy (non-hydrogen) atoms. The molecule has 0 fully saturated rings. The predicted molar refractivity (Wildman–Crippen MR) is 61.3 cm³/mol. The van der Waals surface area contributed by atoms with E-state index in [0.717, 1.165) is 24.3 Å². The minimum atomic E-state index is -1.01. The average molecular weight is 226 g/mol. The van der Waals surface area contributed by atoms with E-state index in [1.165, 1.54) is 0 Å². The van der Waals surface area contributed by atoms with Gasteiger partial charge in [0.2, 0.25) is 5.60 Å². The highest BCUT2D eigenvalue weighted by atomic mass is 16.7. The number of oxime groups is 2. The monoisotopic (exact) mass is 226 g/mol. The molecule has 0 aromatic rings. The molecule has 0 aromatic heterocycles. The van der Waals surface area contributed by atoms with E-state index >= 15 is 0 Å². The van der Waals surface area contributed by atoms with Crippen molar-refractivity contribution in [2.24, 2.45) is 10.3 Å². The van der Waals surface area contributed by atoms with Gasteiger partial charge in [0, 0.05) is 6.42 Å². The first-order valence-electron chi connectivity index (χ1n) is 5.50. The maximum Gasteiger partial charge on any atom is 0.381 e. The van der Waals surface area contributed by atoms with Crippen LogP contribution in [-0.2, 0) is 14.5 Å². The van der Waals surface area contributed by atoms with Crippen LogP contribution in [0.25, 0.3) is 0 Å². The molecule has 0 saturated carbocycles. The lowest BCUT2D eigenvalue weighted by Crippen LogP contribution is -2.36.